The number of hydrogen-bond acceptors (Lipinski definition) is 5. The van der Waals surface area contributed by atoms with E-state index in [1.54, 1.807) is 29.8 Å². The molecule has 1 unspecified atom stereocenters. The van der Waals surface area contributed by atoms with Gasteiger partial charge in [-0.25, -0.2) is 4.98 Å². The Morgan fingerprint density at radius 1 is 1.47 bits per heavy atom. The Morgan fingerprint density at radius 3 is 2.95 bits per heavy atom. The second kappa shape index (κ2) is 7.14. The summed E-state index contributed by atoms with van der Waals surface area (Å²) in [5.74, 6) is 0. The van der Waals surface area contributed by atoms with Crippen LogP contribution in [0.15, 0.2) is 17.5 Å². The van der Waals surface area contributed by atoms with Gasteiger partial charge in [0.2, 0.25) is 0 Å². The summed E-state index contributed by atoms with van der Waals surface area (Å²) < 4.78 is 5.25. The van der Waals surface area contributed by atoms with Crippen LogP contribution in [0.2, 0.25) is 0 Å². The maximum Gasteiger partial charge on any atom is 0.134 e. The van der Waals surface area contributed by atoms with Crippen molar-refractivity contribution in [2.75, 3.05) is 7.11 Å². The standard InChI is InChI=1S/C14H20N2OS2/c1-4-10(2)15-8-13-11(9-17-3)16-14(19-13)12-6-5-7-18-12/h5-7,10,15H,4,8-9H2,1-3H3. The Kier molecular flexibility index (Phi) is 5.51. The Hall–Kier alpha value is -0.750. The highest BCUT2D eigenvalue weighted by Gasteiger charge is 2.13. The first-order valence-electron chi connectivity index (χ1n) is 6.49. The minimum Gasteiger partial charge on any atom is -0.378 e. The fourth-order valence-electron chi connectivity index (χ4n) is 1.69. The highest BCUT2D eigenvalue weighted by Crippen LogP contribution is 2.31. The molecule has 0 saturated carbocycles. The van der Waals surface area contributed by atoms with Gasteiger partial charge in [-0.2, -0.15) is 0 Å². The summed E-state index contributed by atoms with van der Waals surface area (Å²) in [6.45, 7) is 5.85. The zero-order valence-electron chi connectivity index (χ0n) is 11.6. The predicted octanol–water partition coefficient (Wildman–Crippen LogP) is 3.91. The molecule has 19 heavy (non-hydrogen) atoms. The first-order valence-corrected chi connectivity index (χ1v) is 8.19. The Bertz CT molecular complexity index is 494. The number of nitrogens with one attached hydrogen (secondary N) is 1. The maximum atomic E-state index is 5.25. The lowest BCUT2D eigenvalue weighted by Gasteiger charge is -2.10. The molecule has 0 radical (unpaired) electrons. The van der Waals surface area contributed by atoms with E-state index in [1.165, 1.54) is 9.75 Å². The van der Waals surface area contributed by atoms with E-state index in [1.807, 2.05) is 0 Å². The summed E-state index contributed by atoms with van der Waals surface area (Å²) >= 11 is 3.50. The molecule has 3 nitrogen and oxygen atoms in total. The number of nitrogens with zero attached hydrogens (tertiary/aromatic N) is 1. The smallest absolute Gasteiger partial charge is 0.134 e. The lowest BCUT2D eigenvalue weighted by atomic mass is 10.2. The van der Waals surface area contributed by atoms with Crippen LogP contribution in [-0.2, 0) is 17.9 Å². The van der Waals surface area contributed by atoms with E-state index in [-0.39, 0.29) is 0 Å². The molecule has 0 aliphatic carbocycles. The summed E-state index contributed by atoms with van der Waals surface area (Å²) in [7, 11) is 1.72. The zero-order chi connectivity index (χ0) is 13.7. The fourth-order valence-corrected chi connectivity index (χ4v) is 3.50. The zero-order valence-corrected chi connectivity index (χ0v) is 13.2. The summed E-state index contributed by atoms with van der Waals surface area (Å²) in [6.07, 6.45) is 1.14. The second-order valence-corrected chi connectivity index (χ2v) is 6.52. The van der Waals surface area contributed by atoms with Gasteiger partial charge in [0.15, 0.2) is 0 Å². The van der Waals surface area contributed by atoms with Crippen molar-refractivity contribution in [3.63, 3.8) is 0 Å². The third kappa shape index (κ3) is 3.86. The minimum atomic E-state index is 0.530. The van der Waals surface area contributed by atoms with E-state index in [0.29, 0.717) is 12.6 Å². The van der Waals surface area contributed by atoms with E-state index in [4.69, 9.17) is 9.72 Å². The molecule has 0 aliphatic heterocycles. The molecule has 104 valence electrons. The van der Waals surface area contributed by atoms with E-state index in [2.05, 4.69) is 36.7 Å². The number of thiazole rings is 1. The Morgan fingerprint density at radius 2 is 2.32 bits per heavy atom. The molecule has 5 heteroatoms. The van der Waals surface area contributed by atoms with E-state index < -0.39 is 0 Å². The topological polar surface area (TPSA) is 34.2 Å². The average Bonchev–Trinajstić information content (AvgIpc) is 3.05. The van der Waals surface area contributed by atoms with Crippen LogP contribution >= 0.6 is 22.7 Å². The van der Waals surface area contributed by atoms with Gasteiger partial charge in [0.05, 0.1) is 17.2 Å². The molecule has 0 spiro atoms. The van der Waals surface area contributed by atoms with Crippen LogP contribution in [0, 0.1) is 0 Å². The minimum absolute atomic E-state index is 0.530. The fraction of sp³-hybridized carbons (Fsp3) is 0.500. The van der Waals surface area contributed by atoms with E-state index in [0.717, 1.165) is 23.7 Å². The van der Waals surface area contributed by atoms with Gasteiger partial charge in [-0.1, -0.05) is 13.0 Å². The normalized spacial score (nSPS) is 12.8. The molecule has 1 atom stereocenters. The number of aromatic nitrogens is 1. The Balaban J connectivity index is 2.16. The van der Waals surface area contributed by atoms with Crippen LogP contribution in [0.25, 0.3) is 9.88 Å². The van der Waals surface area contributed by atoms with Crippen molar-refractivity contribution in [2.24, 2.45) is 0 Å². The van der Waals surface area contributed by atoms with Gasteiger partial charge in [-0.15, -0.1) is 22.7 Å². The van der Waals surface area contributed by atoms with Crippen LogP contribution in [0.3, 0.4) is 0 Å². The third-order valence-electron chi connectivity index (χ3n) is 3.01. The number of rotatable bonds is 7. The summed E-state index contributed by atoms with van der Waals surface area (Å²) in [6, 6.07) is 4.71. The number of hydrogen-bond donors (Lipinski definition) is 1. The molecule has 0 amide bonds. The Labute approximate surface area is 122 Å². The molecule has 0 fully saturated rings. The van der Waals surface area contributed by atoms with E-state index >= 15 is 0 Å². The number of thiophene rings is 1. The third-order valence-corrected chi connectivity index (χ3v) is 5.15. The first kappa shape index (κ1) is 14.7. The van der Waals surface area contributed by atoms with Crippen molar-refractivity contribution in [3.05, 3.63) is 28.1 Å². The van der Waals surface area contributed by atoms with Gasteiger partial charge in [0.1, 0.15) is 5.01 Å². The van der Waals surface area contributed by atoms with Crippen molar-refractivity contribution in [1.29, 1.82) is 0 Å². The molecule has 2 aromatic rings. The predicted molar refractivity (Wildman–Crippen MR) is 82.7 cm³/mol. The molecule has 2 aromatic heterocycles. The maximum absolute atomic E-state index is 5.25. The van der Waals surface area contributed by atoms with Gasteiger partial charge in [0.25, 0.3) is 0 Å². The van der Waals surface area contributed by atoms with Crippen LogP contribution < -0.4 is 5.32 Å². The molecule has 2 heterocycles. The monoisotopic (exact) mass is 296 g/mol. The molecule has 0 aliphatic rings. The summed E-state index contributed by atoms with van der Waals surface area (Å²) in [5.41, 5.74) is 1.06. The first-order chi connectivity index (χ1) is 9.24. The number of ether oxygens (including phenoxy) is 1. The molecule has 1 N–H and O–H groups in total. The highest BCUT2D eigenvalue weighted by molar-refractivity contribution is 7.21. The van der Waals surface area contributed by atoms with Crippen LogP contribution in [-0.4, -0.2) is 18.1 Å². The van der Waals surface area contributed by atoms with Gasteiger partial charge < -0.3 is 10.1 Å². The average molecular weight is 296 g/mol. The van der Waals surface area contributed by atoms with Crippen molar-refractivity contribution >= 4 is 22.7 Å². The summed E-state index contributed by atoms with van der Waals surface area (Å²) in [5, 5.41) is 6.71. The largest absolute Gasteiger partial charge is 0.378 e. The molecule has 0 bridgehead atoms. The molecular weight excluding hydrogens is 276 g/mol. The van der Waals surface area contributed by atoms with Crippen LogP contribution in [0.1, 0.15) is 30.8 Å². The molecule has 2 rings (SSSR count). The van der Waals surface area contributed by atoms with Crippen LogP contribution in [0.4, 0.5) is 0 Å². The summed E-state index contributed by atoms with van der Waals surface area (Å²) in [4.78, 5) is 7.23. The van der Waals surface area contributed by atoms with Crippen molar-refractivity contribution in [3.8, 4) is 9.88 Å². The van der Waals surface area contributed by atoms with Gasteiger partial charge in [-0.05, 0) is 24.8 Å². The lowest BCUT2D eigenvalue weighted by molar-refractivity contribution is 0.181. The van der Waals surface area contributed by atoms with E-state index in [9.17, 15) is 0 Å². The second-order valence-electron chi connectivity index (χ2n) is 4.49. The van der Waals surface area contributed by atoms with Crippen LogP contribution in [0.5, 0.6) is 0 Å². The quantitative estimate of drug-likeness (QED) is 0.841. The number of methoxy groups -OCH3 is 1. The van der Waals surface area contributed by atoms with Crippen molar-refractivity contribution in [1.82, 2.24) is 10.3 Å². The van der Waals surface area contributed by atoms with Crippen molar-refractivity contribution < 1.29 is 4.74 Å². The lowest BCUT2D eigenvalue weighted by Crippen LogP contribution is -2.24. The van der Waals surface area contributed by atoms with Crippen molar-refractivity contribution in [2.45, 2.75) is 39.5 Å². The van der Waals surface area contributed by atoms with Gasteiger partial charge in [-0.3, -0.25) is 0 Å². The molecule has 0 aromatic carbocycles. The highest BCUT2D eigenvalue weighted by atomic mass is 32.1. The SMILES string of the molecule is CCC(C)NCc1sc(-c2cccs2)nc1COC. The molecule has 0 saturated heterocycles. The molecular formula is C14H20N2OS2. The van der Waals surface area contributed by atoms with Gasteiger partial charge in [0, 0.05) is 24.6 Å². The van der Waals surface area contributed by atoms with Gasteiger partial charge >= 0.3 is 0 Å².